The number of rotatable bonds is 3. The quantitative estimate of drug-likeness (QED) is 0.764. The Hall–Kier alpha value is -3.66. The van der Waals surface area contributed by atoms with Crippen LogP contribution < -0.4 is 5.56 Å². The first-order valence-electron chi connectivity index (χ1n) is 7.45. The van der Waals surface area contributed by atoms with Crippen molar-refractivity contribution in [3.63, 3.8) is 0 Å². The van der Waals surface area contributed by atoms with E-state index in [4.69, 9.17) is 10.4 Å². The van der Waals surface area contributed by atoms with Gasteiger partial charge in [0.05, 0.1) is 22.8 Å². The molecule has 7 heteroatoms. The van der Waals surface area contributed by atoms with E-state index in [-0.39, 0.29) is 11.1 Å². The van der Waals surface area contributed by atoms with Crippen LogP contribution in [0, 0.1) is 25.2 Å². The Bertz CT molecular complexity index is 1070. The highest BCUT2D eigenvalue weighted by Crippen LogP contribution is 2.20. The van der Waals surface area contributed by atoms with Crippen LogP contribution in [-0.2, 0) is 0 Å². The van der Waals surface area contributed by atoms with Gasteiger partial charge in [0.25, 0.3) is 5.56 Å². The molecule has 0 spiro atoms. The summed E-state index contributed by atoms with van der Waals surface area (Å²) in [6, 6.07) is 10.3. The smallest absolute Gasteiger partial charge is 0.337 e. The number of hydrogen-bond acceptors (Lipinski definition) is 4. The molecule has 1 aromatic carbocycles. The molecule has 7 nitrogen and oxygen atoms in total. The molecule has 0 aliphatic rings. The van der Waals surface area contributed by atoms with E-state index in [9.17, 15) is 9.59 Å². The van der Waals surface area contributed by atoms with Gasteiger partial charge in [-0.2, -0.15) is 5.26 Å². The Labute approximate surface area is 142 Å². The van der Waals surface area contributed by atoms with E-state index >= 15 is 0 Å². The molecule has 0 bridgehead atoms. The SMILES string of the molecule is Cc1cc(-n2[nH]c(C)c(-c3ccc(C#N)cc3)c2=O)ncc1C(=O)O. The van der Waals surface area contributed by atoms with Gasteiger partial charge in [-0.25, -0.2) is 14.5 Å². The molecule has 3 rings (SSSR count). The van der Waals surface area contributed by atoms with E-state index in [0.717, 1.165) is 0 Å². The minimum atomic E-state index is -1.06. The lowest BCUT2D eigenvalue weighted by Gasteiger charge is -2.04. The number of pyridine rings is 1. The van der Waals surface area contributed by atoms with Crippen molar-refractivity contribution < 1.29 is 9.90 Å². The van der Waals surface area contributed by atoms with Crippen molar-refractivity contribution in [2.45, 2.75) is 13.8 Å². The van der Waals surface area contributed by atoms with Crippen LogP contribution in [0.5, 0.6) is 0 Å². The van der Waals surface area contributed by atoms with E-state index in [0.29, 0.717) is 33.8 Å². The molecule has 0 fully saturated rings. The predicted octanol–water partition coefficient (Wildman–Crippen LogP) is 2.41. The molecule has 0 aliphatic heterocycles. The number of aromatic amines is 1. The molecule has 0 amide bonds. The summed E-state index contributed by atoms with van der Waals surface area (Å²) in [6.07, 6.45) is 1.23. The molecule has 0 radical (unpaired) electrons. The van der Waals surface area contributed by atoms with Crippen LogP contribution in [0.15, 0.2) is 41.3 Å². The van der Waals surface area contributed by atoms with Crippen LogP contribution in [0.25, 0.3) is 16.9 Å². The highest BCUT2D eigenvalue weighted by Gasteiger charge is 2.16. The summed E-state index contributed by atoms with van der Waals surface area (Å²) in [5, 5.41) is 20.9. The molecule has 0 unspecified atom stereocenters. The largest absolute Gasteiger partial charge is 0.478 e. The van der Waals surface area contributed by atoms with Gasteiger partial charge in [0.2, 0.25) is 0 Å². The lowest BCUT2D eigenvalue weighted by Crippen LogP contribution is -2.17. The Balaban J connectivity index is 2.11. The Morgan fingerprint density at radius 1 is 1.28 bits per heavy atom. The number of nitriles is 1. The monoisotopic (exact) mass is 334 g/mol. The molecule has 0 saturated heterocycles. The number of benzene rings is 1. The number of carbonyl (C=O) groups is 1. The van der Waals surface area contributed by atoms with Gasteiger partial charge >= 0.3 is 5.97 Å². The number of aryl methyl sites for hydroxylation is 2. The fourth-order valence-corrected chi connectivity index (χ4v) is 2.65. The van der Waals surface area contributed by atoms with Crippen LogP contribution in [0.1, 0.15) is 27.2 Å². The number of carboxylic acid groups (broad SMARTS) is 1. The van der Waals surface area contributed by atoms with E-state index < -0.39 is 5.97 Å². The summed E-state index contributed by atoms with van der Waals surface area (Å²) in [5.74, 6) is -0.750. The van der Waals surface area contributed by atoms with Crippen molar-refractivity contribution in [3.8, 4) is 23.0 Å². The van der Waals surface area contributed by atoms with Crippen LogP contribution in [0.4, 0.5) is 0 Å². The number of aromatic nitrogens is 3. The van der Waals surface area contributed by atoms with E-state index in [1.807, 2.05) is 6.07 Å². The number of carboxylic acids is 1. The zero-order valence-electron chi connectivity index (χ0n) is 13.6. The van der Waals surface area contributed by atoms with E-state index in [1.54, 1.807) is 44.2 Å². The second-order valence-corrected chi connectivity index (χ2v) is 5.60. The summed E-state index contributed by atoms with van der Waals surface area (Å²) < 4.78 is 1.28. The fraction of sp³-hybridized carbons (Fsp3) is 0.111. The molecule has 124 valence electrons. The summed E-state index contributed by atoms with van der Waals surface area (Å²) in [5.41, 5.74) is 2.64. The summed E-state index contributed by atoms with van der Waals surface area (Å²) >= 11 is 0. The third kappa shape index (κ3) is 2.81. The first-order chi connectivity index (χ1) is 11.9. The Morgan fingerprint density at radius 3 is 2.52 bits per heavy atom. The molecule has 2 aromatic heterocycles. The molecule has 0 aliphatic carbocycles. The lowest BCUT2D eigenvalue weighted by molar-refractivity contribution is 0.0695. The van der Waals surface area contributed by atoms with Gasteiger partial charge in [-0.3, -0.25) is 9.89 Å². The normalized spacial score (nSPS) is 10.4. The average molecular weight is 334 g/mol. The van der Waals surface area contributed by atoms with Crippen molar-refractivity contribution in [1.29, 1.82) is 5.26 Å². The van der Waals surface area contributed by atoms with Gasteiger partial charge in [0.15, 0.2) is 5.82 Å². The second-order valence-electron chi connectivity index (χ2n) is 5.60. The molecule has 0 saturated carbocycles. The summed E-state index contributed by atoms with van der Waals surface area (Å²) in [4.78, 5) is 28.0. The number of H-pyrrole nitrogens is 1. The molecule has 0 atom stereocenters. The van der Waals surface area contributed by atoms with Crippen LogP contribution >= 0.6 is 0 Å². The molecular formula is C18H14N4O3. The third-order valence-electron chi connectivity index (χ3n) is 3.93. The van der Waals surface area contributed by atoms with Gasteiger partial charge in [0, 0.05) is 11.9 Å². The van der Waals surface area contributed by atoms with Crippen molar-refractivity contribution in [1.82, 2.24) is 14.8 Å². The Morgan fingerprint density at radius 2 is 1.96 bits per heavy atom. The van der Waals surface area contributed by atoms with E-state index in [1.165, 1.54) is 10.9 Å². The van der Waals surface area contributed by atoms with Gasteiger partial charge < -0.3 is 5.11 Å². The number of nitrogens with one attached hydrogen (secondary N) is 1. The average Bonchev–Trinajstić information content (AvgIpc) is 2.89. The van der Waals surface area contributed by atoms with Crippen LogP contribution in [-0.4, -0.2) is 25.8 Å². The topological polar surface area (TPSA) is 112 Å². The highest BCUT2D eigenvalue weighted by atomic mass is 16.4. The maximum Gasteiger partial charge on any atom is 0.337 e. The molecule has 2 heterocycles. The third-order valence-corrected chi connectivity index (χ3v) is 3.93. The van der Waals surface area contributed by atoms with E-state index in [2.05, 4.69) is 10.1 Å². The maximum atomic E-state index is 12.8. The zero-order chi connectivity index (χ0) is 18.1. The zero-order valence-corrected chi connectivity index (χ0v) is 13.6. The predicted molar refractivity (Wildman–Crippen MR) is 90.8 cm³/mol. The lowest BCUT2D eigenvalue weighted by atomic mass is 10.1. The van der Waals surface area contributed by atoms with Gasteiger partial charge in [-0.15, -0.1) is 0 Å². The van der Waals surface area contributed by atoms with Crippen LogP contribution in [0.2, 0.25) is 0 Å². The number of nitrogens with zero attached hydrogens (tertiary/aromatic N) is 3. The molecule has 25 heavy (non-hydrogen) atoms. The second kappa shape index (κ2) is 6.09. The minimum absolute atomic E-state index is 0.0902. The van der Waals surface area contributed by atoms with Crippen LogP contribution in [0.3, 0.4) is 0 Å². The first-order valence-corrected chi connectivity index (χ1v) is 7.45. The summed E-state index contributed by atoms with van der Waals surface area (Å²) in [7, 11) is 0. The number of aromatic carboxylic acids is 1. The molecular weight excluding hydrogens is 320 g/mol. The minimum Gasteiger partial charge on any atom is -0.478 e. The van der Waals surface area contributed by atoms with Crippen molar-refractivity contribution in [2.75, 3.05) is 0 Å². The number of hydrogen-bond donors (Lipinski definition) is 2. The van der Waals surface area contributed by atoms with Gasteiger partial charge in [-0.05, 0) is 43.2 Å². The Kier molecular flexibility index (Phi) is 3.95. The van der Waals surface area contributed by atoms with Crippen molar-refractivity contribution in [2.24, 2.45) is 0 Å². The van der Waals surface area contributed by atoms with Crippen molar-refractivity contribution >= 4 is 5.97 Å². The molecule has 2 N–H and O–H groups in total. The summed E-state index contributed by atoms with van der Waals surface area (Å²) in [6.45, 7) is 3.42. The van der Waals surface area contributed by atoms with Crippen molar-refractivity contribution in [3.05, 3.63) is 69.3 Å². The standard InChI is InChI=1S/C18H14N4O3/c1-10-7-15(20-9-14(10)18(24)25)22-17(23)16(11(2)21-22)13-5-3-12(8-19)4-6-13/h3-7,9,21H,1-2H3,(H,24,25). The fourth-order valence-electron chi connectivity index (χ4n) is 2.65. The first kappa shape index (κ1) is 16.2. The van der Waals surface area contributed by atoms with Gasteiger partial charge in [-0.1, -0.05) is 12.1 Å². The highest BCUT2D eigenvalue weighted by molar-refractivity contribution is 5.89. The van der Waals surface area contributed by atoms with Gasteiger partial charge in [0.1, 0.15) is 0 Å². The maximum absolute atomic E-state index is 12.8. The molecule has 3 aromatic rings.